The second kappa shape index (κ2) is 5.48. The summed E-state index contributed by atoms with van der Waals surface area (Å²) in [5.41, 5.74) is -0.707. The molecule has 0 radical (unpaired) electrons. The van der Waals surface area contributed by atoms with Gasteiger partial charge in [-0.3, -0.25) is 0 Å². The van der Waals surface area contributed by atoms with Crippen LogP contribution in [0.4, 0.5) is 4.39 Å². The predicted molar refractivity (Wildman–Crippen MR) is 72.0 cm³/mol. The van der Waals surface area contributed by atoms with Gasteiger partial charge in [-0.05, 0) is 43.7 Å². The van der Waals surface area contributed by atoms with E-state index in [0.717, 1.165) is 12.8 Å². The molecular weight excluding hydrogens is 265 g/mol. The second-order valence-electron chi connectivity index (χ2n) is 5.52. The molecule has 2 nitrogen and oxygen atoms in total. The Morgan fingerprint density at radius 1 is 1.47 bits per heavy atom. The van der Waals surface area contributed by atoms with E-state index in [1.165, 1.54) is 12.1 Å². The van der Waals surface area contributed by atoms with Crippen molar-refractivity contribution in [3.63, 3.8) is 0 Å². The van der Waals surface area contributed by atoms with E-state index < -0.39 is 17.3 Å². The van der Waals surface area contributed by atoms with E-state index in [0.29, 0.717) is 18.8 Å². The summed E-state index contributed by atoms with van der Waals surface area (Å²) < 4.78 is 13.9. The highest BCUT2D eigenvalue weighted by Crippen LogP contribution is 2.47. The number of aliphatic hydroxyl groups excluding tert-OH is 1. The van der Waals surface area contributed by atoms with E-state index in [4.69, 9.17) is 11.6 Å². The van der Waals surface area contributed by atoms with E-state index in [1.54, 1.807) is 6.07 Å². The third-order valence-corrected chi connectivity index (χ3v) is 4.40. The minimum Gasteiger partial charge on any atom is -0.387 e. The number of hydrogen-bond acceptors (Lipinski definition) is 2. The second-order valence-corrected chi connectivity index (χ2v) is 5.96. The molecule has 0 spiro atoms. The lowest BCUT2D eigenvalue weighted by Gasteiger charge is -2.37. The van der Waals surface area contributed by atoms with Crippen LogP contribution >= 0.6 is 11.6 Å². The summed E-state index contributed by atoms with van der Waals surface area (Å²) in [6.45, 7) is 2.14. The van der Waals surface area contributed by atoms with Gasteiger partial charge in [-0.15, -0.1) is 0 Å². The standard InChI is InChI=1S/C15H17ClFNO/c1-10-4-6-15(9-18,7-5-10)14(19)12-3-2-11(16)8-13(12)17/h2-3,8,10,14,19H,4-7H2,1H3. The lowest BCUT2D eigenvalue weighted by molar-refractivity contribution is 0.0242. The fourth-order valence-corrected chi connectivity index (χ4v) is 2.90. The van der Waals surface area contributed by atoms with Crippen molar-refractivity contribution in [1.82, 2.24) is 0 Å². The number of halogens is 2. The SMILES string of the molecule is CC1CCC(C#N)(C(O)c2ccc(Cl)cc2F)CC1. The van der Waals surface area contributed by atoms with Crippen molar-refractivity contribution in [3.8, 4) is 6.07 Å². The van der Waals surface area contributed by atoms with Gasteiger partial charge < -0.3 is 5.11 Å². The van der Waals surface area contributed by atoms with Gasteiger partial charge in [0.05, 0.1) is 11.5 Å². The topological polar surface area (TPSA) is 44.0 Å². The van der Waals surface area contributed by atoms with E-state index >= 15 is 0 Å². The molecule has 0 heterocycles. The molecule has 1 unspecified atom stereocenters. The normalized spacial score (nSPS) is 28.7. The fourth-order valence-electron chi connectivity index (χ4n) is 2.74. The molecule has 1 aromatic rings. The Morgan fingerprint density at radius 2 is 2.11 bits per heavy atom. The smallest absolute Gasteiger partial charge is 0.130 e. The largest absolute Gasteiger partial charge is 0.387 e. The molecule has 102 valence electrons. The van der Waals surface area contributed by atoms with Crippen LogP contribution in [0.25, 0.3) is 0 Å². The van der Waals surface area contributed by atoms with Gasteiger partial charge in [-0.1, -0.05) is 24.6 Å². The van der Waals surface area contributed by atoms with E-state index in [2.05, 4.69) is 13.0 Å². The van der Waals surface area contributed by atoms with E-state index in [-0.39, 0.29) is 10.6 Å². The maximum absolute atomic E-state index is 13.9. The summed E-state index contributed by atoms with van der Waals surface area (Å²) in [5.74, 6) is 0.0111. The molecule has 19 heavy (non-hydrogen) atoms. The van der Waals surface area contributed by atoms with Crippen molar-refractivity contribution in [2.45, 2.75) is 38.7 Å². The molecule has 0 aromatic heterocycles. The first kappa shape index (κ1) is 14.3. The monoisotopic (exact) mass is 281 g/mol. The van der Waals surface area contributed by atoms with Gasteiger partial charge in [0, 0.05) is 10.6 Å². The van der Waals surface area contributed by atoms with Crippen LogP contribution in [0.15, 0.2) is 18.2 Å². The average molecular weight is 282 g/mol. The minimum atomic E-state index is -1.10. The van der Waals surface area contributed by atoms with Gasteiger partial charge in [-0.25, -0.2) is 4.39 Å². The van der Waals surface area contributed by atoms with E-state index in [9.17, 15) is 14.8 Å². The highest BCUT2D eigenvalue weighted by atomic mass is 35.5. The minimum absolute atomic E-state index is 0.167. The maximum atomic E-state index is 13.9. The molecule has 1 aromatic carbocycles. The lowest BCUT2D eigenvalue weighted by Crippen LogP contribution is -2.32. The Morgan fingerprint density at radius 3 is 2.63 bits per heavy atom. The fraction of sp³-hybridized carbons (Fsp3) is 0.533. The van der Waals surface area contributed by atoms with Crippen molar-refractivity contribution in [3.05, 3.63) is 34.6 Å². The molecule has 0 amide bonds. The average Bonchev–Trinajstić information content (AvgIpc) is 2.39. The van der Waals surface area contributed by atoms with E-state index in [1.807, 2.05) is 0 Å². The molecule has 0 aliphatic heterocycles. The van der Waals surface area contributed by atoms with Gasteiger partial charge >= 0.3 is 0 Å². The number of nitriles is 1. The number of hydrogen-bond donors (Lipinski definition) is 1. The van der Waals surface area contributed by atoms with Gasteiger partial charge in [0.2, 0.25) is 0 Å². The lowest BCUT2D eigenvalue weighted by atomic mass is 9.67. The predicted octanol–water partition coefficient (Wildman–Crippen LogP) is 4.23. The number of aliphatic hydroxyl groups is 1. The Bertz CT molecular complexity index is 503. The first-order valence-electron chi connectivity index (χ1n) is 6.53. The molecule has 4 heteroatoms. The van der Waals surface area contributed by atoms with Crippen molar-refractivity contribution >= 4 is 11.6 Å². The van der Waals surface area contributed by atoms with Crippen LogP contribution in [0, 0.1) is 28.5 Å². The molecule has 0 saturated heterocycles. The number of rotatable bonds is 2. The third kappa shape index (κ3) is 2.75. The van der Waals surface area contributed by atoms with Crippen LogP contribution in [-0.2, 0) is 0 Å². The zero-order chi connectivity index (χ0) is 14.0. The molecule has 0 bridgehead atoms. The molecule has 1 N–H and O–H groups in total. The van der Waals surface area contributed by atoms with Crippen LogP contribution in [0.3, 0.4) is 0 Å². The zero-order valence-electron chi connectivity index (χ0n) is 10.9. The van der Waals surface area contributed by atoms with Crippen molar-refractivity contribution in [2.24, 2.45) is 11.3 Å². The quantitative estimate of drug-likeness (QED) is 0.881. The van der Waals surface area contributed by atoms with Crippen LogP contribution in [0.5, 0.6) is 0 Å². The Hall–Kier alpha value is -1.11. The summed E-state index contributed by atoms with van der Waals surface area (Å²) in [6.07, 6.45) is 1.89. The number of benzene rings is 1. The van der Waals surface area contributed by atoms with Crippen LogP contribution < -0.4 is 0 Å². The third-order valence-electron chi connectivity index (χ3n) is 4.17. The van der Waals surface area contributed by atoms with Crippen molar-refractivity contribution < 1.29 is 9.50 Å². The highest BCUT2D eigenvalue weighted by Gasteiger charge is 2.42. The number of nitrogens with zero attached hydrogens (tertiary/aromatic N) is 1. The summed E-state index contributed by atoms with van der Waals surface area (Å²) in [5, 5.41) is 20.2. The Kier molecular flexibility index (Phi) is 4.13. The molecule has 1 aliphatic carbocycles. The molecule has 1 atom stereocenters. The van der Waals surface area contributed by atoms with Gasteiger partial charge in [-0.2, -0.15) is 5.26 Å². The van der Waals surface area contributed by atoms with Crippen LogP contribution in [0.1, 0.15) is 44.3 Å². The summed E-state index contributed by atoms with van der Waals surface area (Å²) in [7, 11) is 0. The Labute approximate surface area is 117 Å². The van der Waals surface area contributed by atoms with Gasteiger partial charge in [0.25, 0.3) is 0 Å². The molecule has 1 saturated carbocycles. The summed E-state index contributed by atoms with van der Waals surface area (Å²) in [6, 6.07) is 6.42. The highest BCUT2D eigenvalue weighted by molar-refractivity contribution is 6.30. The summed E-state index contributed by atoms with van der Waals surface area (Å²) in [4.78, 5) is 0. The van der Waals surface area contributed by atoms with Crippen molar-refractivity contribution in [1.29, 1.82) is 5.26 Å². The molecular formula is C15H17ClFNO. The summed E-state index contributed by atoms with van der Waals surface area (Å²) >= 11 is 5.71. The van der Waals surface area contributed by atoms with Crippen LogP contribution in [-0.4, -0.2) is 5.11 Å². The van der Waals surface area contributed by atoms with Gasteiger partial charge in [0.15, 0.2) is 0 Å². The molecule has 1 aliphatic rings. The van der Waals surface area contributed by atoms with Crippen molar-refractivity contribution in [2.75, 3.05) is 0 Å². The first-order valence-corrected chi connectivity index (χ1v) is 6.90. The maximum Gasteiger partial charge on any atom is 0.130 e. The Balaban J connectivity index is 2.31. The van der Waals surface area contributed by atoms with Crippen LogP contribution in [0.2, 0.25) is 5.02 Å². The first-order chi connectivity index (χ1) is 8.98. The zero-order valence-corrected chi connectivity index (χ0v) is 11.6. The van der Waals surface area contributed by atoms with Gasteiger partial charge in [0.1, 0.15) is 11.9 Å². The molecule has 2 rings (SSSR count). The molecule has 1 fully saturated rings.